The van der Waals surface area contributed by atoms with Gasteiger partial charge in [0.05, 0.1) is 0 Å². The van der Waals surface area contributed by atoms with Gasteiger partial charge in [0, 0.05) is 54.8 Å². The van der Waals surface area contributed by atoms with Crippen LogP contribution < -0.4 is 5.32 Å². The van der Waals surface area contributed by atoms with Crippen LogP contribution in [0.3, 0.4) is 0 Å². The topological polar surface area (TPSA) is 61.0 Å². The maximum Gasteiger partial charge on any atom is 0.225 e. The SMILES string of the molecule is O=C(C1CCC1)N1CCC2(CC1)CNCc1[nH]c3ncccc3c12. The monoisotopic (exact) mass is 324 g/mol. The first-order valence-corrected chi connectivity index (χ1v) is 9.22. The Labute approximate surface area is 141 Å². The van der Waals surface area contributed by atoms with Crippen LogP contribution in [0.4, 0.5) is 0 Å². The lowest BCUT2D eigenvalue weighted by molar-refractivity contribution is -0.139. The summed E-state index contributed by atoms with van der Waals surface area (Å²) in [5, 5.41) is 4.86. The van der Waals surface area contributed by atoms with Gasteiger partial charge in [-0.25, -0.2) is 4.98 Å². The molecule has 0 bridgehead atoms. The van der Waals surface area contributed by atoms with Gasteiger partial charge in [0.2, 0.25) is 5.91 Å². The van der Waals surface area contributed by atoms with Crippen molar-refractivity contribution >= 4 is 16.9 Å². The third-order valence-electron chi connectivity index (χ3n) is 6.43. The molecule has 5 rings (SSSR count). The van der Waals surface area contributed by atoms with Crippen molar-refractivity contribution in [2.24, 2.45) is 5.92 Å². The molecule has 1 aliphatic carbocycles. The molecule has 1 saturated heterocycles. The van der Waals surface area contributed by atoms with Crippen LogP contribution in [-0.4, -0.2) is 40.4 Å². The van der Waals surface area contributed by atoms with Gasteiger partial charge in [-0.2, -0.15) is 0 Å². The Morgan fingerprint density at radius 1 is 1.29 bits per heavy atom. The lowest BCUT2D eigenvalue weighted by Crippen LogP contribution is -2.53. The minimum Gasteiger partial charge on any atom is -0.342 e. The number of rotatable bonds is 1. The number of amides is 1. The van der Waals surface area contributed by atoms with Gasteiger partial charge in [-0.15, -0.1) is 0 Å². The summed E-state index contributed by atoms with van der Waals surface area (Å²) in [6.45, 7) is 3.68. The van der Waals surface area contributed by atoms with Crippen molar-refractivity contribution in [2.45, 2.75) is 44.1 Å². The van der Waals surface area contributed by atoms with E-state index in [4.69, 9.17) is 0 Å². The highest BCUT2D eigenvalue weighted by Gasteiger charge is 2.43. The maximum atomic E-state index is 12.6. The smallest absolute Gasteiger partial charge is 0.225 e. The van der Waals surface area contributed by atoms with Crippen molar-refractivity contribution in [2.75, 3.05) is 19.6 Å². The molecule has 0 unspecified atom stereocenters. The highest BCUT2D eigenvalue weighted by Crippen LogP contribution is 2.43. The molecule has 4 heterocycles. The number of carbonyl (C=O) groups is 1. The number of aromatic nitrogens is 2. The third-order valence-corrected chi connectivity index (χ3v) is 6.43. The molecule has 2 aliphatic heterocycles. The van der Waals surface area contributed by atoms with Crippen molar-refractivity contribution in [1.82, 2.24) is 20.2 Å². The zero-order chi connectivity index (χ0) is 16.1. The second-order valence-corrected chi connectivity index (χ2v) is 7.72. The Morgan fingerprint density at radius 2 is 2.12 bits per heavy atom. The summed E-state index contributed by atoms with van der Waals surface area (Å²) < 4.78 is 0. The van der Waals surface area contributed by atoms with E-state index in [2.05, 4.69) is 26.3 Å². The van der Waals surface area contributed by atoms with Gasteiger partial charge in [0.1, 0.15) is 5.65 Å². The van der Waals surface area contributed by atoms with Gasteiger partial charge < -0.3 is 15.2 Å². The van der Waals surface area contributed by atoms with E-state index in [9.17, 15) is 4.79 Å². The average molecular weight is 324 g/mol. The third kappa shape index (κ3) is 2.04. The summed E-state index contributed by atoms with van der Waals surface area (Å²) in [6.07, 6.45) is 7.37. The van der Waals surface area contributed by atoms with Crippen LogP contribution in [0.2, 0.25) is 0 Å². The minimum atomic E-state index is 0.144. The molecule has 1 saturated carbocycles. The van der Waals surface area contributed by atoms with Crippen molar-refractivity contribution in [3.8, 4) is 0 Å². The first kappa shape index (κ1) is 14.5. The predicted octanol–water partition coefficient (Wildman–Crippen LogP) is 2.33. The van der Waals surface area contributed by atoms with Crippen LogP contribution in [0.5, 0.6) is 0 Å². The largest absolute Gasteiger partial charge is 0.342 e. The standard InChI is InChI=1S/C19H24N4O/c24-18(13-3-1-4-13)23-9-6-19(7-10-23)12-20-11-15-16(19)14-5-2-8-21-17(14)22-15/h2,5,8,13,20H,1,3-4,6-7,9-12H2,(H,21,22). The quantitative estimate of drug-likeness (QED) is 0.846. The number of piperidine rings is 1. The predicted molar refractivity (Wildman–Crippen MR) is 92.6 cm³/mol. The minimum absolute atomic E-state index is 0.144. The van der Waals surface area contributed by atoms with Gasteiger partial charge in [-0.1, -0.05) is 6.42 Å². The number of nitrogens with one attached hydrogen (secondary N) is 2. The van der Waals surface area contributed by atoms with Crippen molar-refractivity contribution in [1.29, 1.82) is 0 Å². The zero-order valence-corrected chi connectivity index (χ0v) is 14.0. The second-order valence-electron chi connectivity index (χ2n) is 7.72. The van der Waals surface area contributed by atoms with E-state index in [1.165, 1.54) is 23.1 Å². The number of fused-ring (bicyclic) bond motifs is 4. The van der Waals surface area contributed by atoms with Crippen LogP contribution in [0.1, 0.15) is 43.4 Å². The highest BCUT2D eigenvalue weighted by atomic mass is 16.2. The van der Waals surface area contributed by atoms with E-state index >= 15 is 0 Å². The fourth-order valence-electron chi connectivity index (χ4n) is 4.82. The summed E-state index contributed by atoms with van der Waals surface area (Å²) in [5.74, 6) is 0.720. The Balaban J connectivity index is 1.45. The molecular weight excluding hydrogens is 300 g/mol. The Hall–Kier alpha value is -1.88. The first-order chi connectivity index (χ1) is 11.8. The fourth-order valence-corrected chi connectivity index (χ4v) is 4.82. The van der Waals surface area contributed by atoms with Gasteiger partial charge in [-0.3, -0.25) is 4.79 Å². The highest BCUT2D eigenvalue weighted by molar-refractivity contribution is 5.83. The number of nitrogens with zero attached hydrogens (tertiary/aromatic N) is 2. The molecule has 24 heavy (non-hydrogen) atoms. The van der Waals surface area contributed by atoms with E-state index in [-0.39, 0.29) is 5.41 Å². The summed E-state index contributed by atoms with van der Waals surface area (Å²) in [5.41, 5.74) is 3.89. The molecule has 0 atom stereocenters. The molecule has 0 aromatic carbocycles. The molecule has 2 N–H and O–H groups in total. The van der Waals surface area contributed by atoms with Crippen LogP contribution >= 0.6 is 0 Å². The van der Waals surface area contributed by atoms with Gasteiger partial charge in [0.25, 0.3) is 0 Å². The molecule has 5 heteroatoms. The molecule has 1 spiro atoms. The van der Waals surface area contributed by atoms with Crippen LogP contribution in [0, 0.1) is 5.92 Å². The molecule has 126 valence electrons. The first-order valence-electron chi connectivity index (χ1n) is 9.22. The molecule has 2 aromatic heterocycles. The van der Waals surface area contributed by atoms with Gasteiger partial charge in [-0.05, 0) is 43.4 Å². The molecule has 0 radical (unpaired) electrons. The summed E-state index contributed by atoms with van der Waals surface area (Å²) in [7, 11) is 0. The van der Waals surface area contributed by atoms with E-state index in [1.54, 1.807) is 0 Å². The molecule has 5 nitrogen and oxygen atoms in total. The Morgan fingerprint density at radius 3 is 2.88 bits per heavy atom. The van der Waals surface area contributed by atoms with E-state index in [0.29, 0.717) is 11.8 Å². The number of H-pyrrole nitrogens is 1. The molecule has 2 fully saturated rings. The lowest BCUT2D eigenvalue weighted by Gasteiger charge is -2.45. The summed E-state index contributed by atoms with van der Waals surface area (Å²) in [6, 6.07) is 4.22. The van der Waals surface area contributed by atoms with E-state index in [0.717, 1.165) is 57.5 Å². The molecule has 2 aromatic rings. The number of pyridine rings is 1. The average Bonchev–Trinajstić information content (AvgIpc) is 2.94. The van der Waals surface area contributed by atoms with Crippen LogP contribution in [-0.2, 0) is 16.8 Å². The number of carbonyl (C=O) groups excluding carboxylic acids is 1. The lowest BCUT2D eigenvalue weighted by atomic mass is 9.70. The fraction of sp³-hybridized carbons (Fsp3) is 0.579. The number of likely N-dealkylation sites (tertiary alicyclic amines) is 1. The van der Waals surface area contributed by atoms with Crippen molar-refractivity contribution in [3.63, 3.8) is 0 Å². The van der Waals surface area contributed by atoms with E-state index < -0.39 is 0 Å². The van der Waals surface area contributed by atoms with Gasteiger partial charge >= 0.3 is 0 Å². The van der Waals surface area contributed by atoms with Crippen molar-refractivity contribution < 1.29 is 4.79 Å². The maximum absolute atomic E-state index is 12.6. The van der Waals surface area contributed by atoms with Crippen LogP contribution in [0.25, 0.3) is 11.0 Å². The molecular formula is C19H24N4O. The number of hydrogen-bond donors (Lipinski definition) is 2. The van der Waals surface area contributed by atoms with Crippen LogP contribution in [0.15, 0.2) is 18.3 Å². The zero-order valence-electron chi connectivity index (χ0n) is 14.0. The number of hydrogen-bond acceptors (Lipinski definition) is 3. The van der Waals surface area contributed by atoms with E-state index in [1.807, 2.05) is 12.3 Å². The molecule has 1 amide bonds. The summed E-state index contributed by atoms with van der Waals surface area (Å²) >= 11 is 0. The Bertz CT molecular complexity index is 784. The van der Waals surface area contributed by atoms with Gasteiger partial charge in [0.15, 0.2) is 0 Å². The summed E-state index contributed by atoms with van der Waals surface area (Å²) in [4.78, 5) is 22.7. The Kier molecular flexibility index (Phi) is 3.20. The van der Waals surface area contributed by atoms with Crippen molar-refractivity contribution in [3.05, 3.63) is 29.6 Å². The number of aromatic amines is 1. The molecule has 3 aliphatic rings. The normalized spacial score (nSPS) is 23.2. The second kappa shape index (κ2) is 5.31.